The maximum absolute atomic E-state index is 12.7. The van der Waals surface area contributed by atoms with Gasteiger partial charge in [-0.3, -0.25) is 4.90 Å². The first-order valence-corrected chi connectivity index (χ1v) is 9.08. The molecule has 146 valence electrons. The lowest BCUT2D eigenvalue weighted by Crippen LogP contribution is -2.37. The second-order valence-corrected chi connectivity index (χ2v) is 7.34. The molecule has 1 aliphatic rings. The molecule has 1 heterocycles. The highest BCUT2D eigenvalue weighted by Crippen LogP contribution is 2.31. The number of benzene rings is 2. The van der Waals surface area contributed by atoms with Gasteiger partial charge in [-0.1, -0.05) is 17.7 Å². The number of nitrogens with zero attached hydrogens (tertiary/aromatic N) is 1. The SMILES string of the molecule is CC1(Oc2ccc(Cl)cc2)CCN(CCOc2cccc(C(F)(F)F)c2)C1. The lowest BCUT2D eigenvalue weighted by molar-refractivity contribution is -0.137. The topological polar surface area (TPSA) is 21.7 Å². The minimum absolute atomic E-state index is 0.226. The van der Waals surface area contributed by atoms with Gasteiger partial charge in [-0.05, 0) is 49.4 Å². The van der Waals surface area contributed by atoms with Gasteiger partial charge in [0.15, 0.2) is 0 Å². The van der Waals surface area contributed by atoms with Crippen LogP contribution in [0, 0.1) is 0 Å². The number of ether oxygens (including phenoxy) is 2. The smallest absolute Gasteiger partial charge is 0.416 e. The summed E-state index contributed by atoms with van der Waals surface area (Å²) >= 11 is 5.89. The molecule has 27 heavy (non-hydrogen) atoms. The minimum atomic E-state index is -4.37. The zero-order chi connectivity index (χ0) is 19.5. The Balaban J connectivity index is 1.48. The predicted octanol–water partition coefficient (Wildman–Crippen LogP) is 5.28. The zero-order valence-electron chi connectivity index (χ0n) is 14.9. The van der Waals surface area contributed by atoms with Crippen LogP contribution in [0.5, 0.6) is 11.5 Å². The average molecular weight is 400 g/mol. The van der Waals surface area contributed by atoms with Gasteiger partial charge in [-0.2, -0.15) is 13.2 Å². The highest BCUT2D eigenvalue weighted by molar-refractivity contribution is 6.30. The molecule has 1 saturated heterocycles. The standard InChI is InChI=1S/C20H21ClF3NO2/c1-19(27-17-7-5-16(21)6-8-17)9-10-25(14-19)11-12-26-18-4-2-3-15(13-18)20(22,23)24/h2-8,13H,9-12,14H2,1H3. The minimum Gasteiger partial charge on any atom is -0.492 e. The number of likely N-dealkylation sites (tertiary alicyclic amines) is 1. The molecule has 0 aromatic heterocycles. The third-order valence-electron chi connectivity index (χ3n) is 4.53. The van der Waals surface area contributed by atoms with Crippen LogP contribution < -0.4 is 9.47 Å². The Labute approximate surface area is 161 Å². The van der Waals surface area contributed by atoms with Gasteiger partial charge < -0.3 is 9.47 Å². The molecule has 3 nitrogen and oxygen atoms in total. The molecule has 0 N–H and O–H groups in total. The van der Waals surface area contributed by atoms with E-state index >= 15 is 0 Å². The van der Waals surface area contributed by atoms with Crippen LogP contribution in [0.25, 0.3) is 0 Å². The number of alkyl halides is 3. The van der Waals surface area contributed by atoms with E-state index in [1.54, 1.807) is 12.1 Å². The Kier molecular flexibility index (Phi) is 5.86. The summed E-state index contributed by atoms with van der Waals surface area (Å²) in [5, 5.41) is 0.660. The first kappa shape index (κ1) is 19.8. The summed E-state index contributed by atoms with van der Waals surface area (Å²) < 4.78 is 49.8. The third kappa shape index (κ3) is 5.53. The molecule has 1 fully saturated rings. The molecule has 0 spiro atoms. The van der Waals surface area contributed by atoms with Crippen molar-refractivity contribution in [3.05, 3.63) is 59.1 Å². The van der Waals surface area contributed by atoms with E-state index in [-0.39, 0.29) is 11.4 Å². The van der Waals surface area contributed by atoms with Gasteiger partial charge in [0.2, 0.25) is 0 Å². The Bertz CT molecular complexity index is 767. The van der Waals surface area contributed by atoms with Crippen LogP contribution >= 0.6 is 11.6 Å². The van der Waals surface area contributed by atoms with Crippen molar-refractivity contribution in [1.82, 2.24) is 4.90 Å². The van der Waals surface area contributed by atoms with Crippen LogP contribution in [-0.4, -0.2) is 36.7 Å². The maximum Gasteiger partial charge on any atom is 0.416 e. The molecule has 1 aliphatic heterocycles. The van der Waals surface area contributed by atoms with Crippen molar-refractivity contribution in [2.75, 3.05) is 26.2 Å². The molecule has 0 saturated carbocycles. The van der Waals surface area contributed by atoms with Crippen molar-refractivity contribution in [2.24, 2.45) is 0 Å². The first-order valence-electron chi connectivity index (χ1n) is 8.71. The summed E-state index contributed by atoms with van der Waals surface area (Å²) in [6.45, 7) is 4.56. The van der Waals surface area contributed by atoms with Crippen LogP contribution in [0.4, 0.5) is 13.2 Å². The van der Waals surface area contributed by atoms with E-state index in [2.05, 4.69) is 11.8 Å². The number of hydrogen-bond acceptors (Lipinski definition) is 3. The summed E-state index contributed by atoms with van der Waals surface area (Å²) in [6.07, 6.45) is -3.51. The largest absolute Gasteiger partial charge is 0.492 e. The van der Waals surface area contributed by atoms with E-state index in [0.29, 0.717) is 18.2 Å². The fourth-order valence-electron chi connectivity index (χ4n) is 3.14. The van der Waals surface area contributed by atoms with E-state index < -0.39 is 11.7 Å². The van der Waals surface area contributed by atoms with E-state index in [1.165, 1.54) is 12.1 Å². The first-order chi connectivity index (χ1) is 12.7. The quantitative estimate of drug-likeness (QED) is 0.659. The van der Waals surface area contributed by atoms with E-state index in [1.807, 2.05) is 12.1 Å². The van der Waals surface area contributed by atoms with Crippen molar-refractivity contribution in [1.29, 1.82) is 0 Å². The Morgan fingerprint density at radius 3 is 2.56 bits per heavy atom. The van der Waals surface area contributed by atoms with Crippen molar-refractivity contribution in [2.45, 2.75) is 25.1 Å². The molecule has 2 aromatic carbocycles. The Morgan fingerprint density at radius 2 is 1.85 bits per heavy atom. The van der Waals surface area contributed by atoms with Gasteiger partial charge >= 0.3 is 6.18 Å². The third-order valence-corrected chi connectivity index (χ3v) is 4.78. The van der Waals surface area contributed by atoms with Crippen molar-refractivity contribution < 1.29 is 22.6 Å². The molecular formula is C20H21ClF3NO2. The molecule has 0 bridgehead atoms. The Hall–Kier alpha value is -1.92. The van der Waals surface area contributed by atoms with Gasteiger partial charge in [0.25, 0.3) is 0 Å². The van der Waals surface area contributed by atoms with Crippen LogP contribution in [-0.2, 0) is 6.18 Å². The Morgan fingerprint density at radius 1 is 1.11 bits per heavy atom. The molecule has 1 unspecified atom stereocenters. The second kappa shape index (κ2) is 7.98. The number of halogens is 4. The van der Waals surface area contributed by atoms with Gasteiger partial charge in [0, 0.05) is 31.1 Å². The lowest BCUT2D eigenvalue weighted by Gasteiger charge is -2.26. The zero-order valence-corrected chi connectivity index (χ0v) is 15.7. The van der Waals surface area contributed by atoms with Crippen LogP contribution in [0.15, 0.2) is 48.5 Å². The molecule has 0 aliphatic carbocycles. The monoisotopic (exact) mass is 399 g/mol. The van der Waals surface area contributed by atoms with Crippen molar-refractivity contribution in [3.8, 4) is 11.5 Å². The second-order valence-electron chi connectivity index (χ2n) is 6.91. The summed E-state index contributed by atoms with van der Waals surface area (Å²) in [4.78, 5) is 2.18. The fourth-order valence-corrected chi connectivity index (χ4v) is 3.27. The lowest BCUT2D eigenvalue weighted by atomic mass is 10.1. The number of hydrogen-bond donors (Lipinski definition) is 0. The molecule has 2 aromatic rings. The normalized spacial score (nSPS) is 20.6. The summed E-state index contributed by atoms with van der Waals surface area (Å²) in [7, 11) is 0. The van der Waals surface area contributed by atoms with Gasteiger partial charge in [0.1, 0.15) is 23.7 Å². The maximum atomic E-state index is 12.7. The predicted molar refractivity (Wildman–Crippen MR) is 98.5 cm³/mol. The highest BCUT2D eigenvalue weighted by Gasteiger charge is 2.35. The summed E-state index contributed by atoms with van der Waals surface area (Å²) in [5.74, 6) is 0.994. The van der Waals surface area contributed by atoms with E-state index in [4.69, 9.17) is 21.1 Å². The molecule has 0 radical (unpaired) electrons. The molecule has 1 atom stereocenters. The highest BCUT2D eigenvalue weighted by atomic mass is 35.5. The molecule has 3 rings (SSSR count). The van der Waals surface area contributed by atoms with E-state index in [9.17, 15) is 13.2 Å². The van der Waals surface area contributed by atoms with Crippen molar-refractivity contribution >= 4 is 11.6 Å². The van der Waals surface area contributed by atoms with Gasteiger partial charge in [-0.15, -0.1) is 0 Å². The van der Waals surface area contributed by atoms with Crippen molar-refractivity contribution in [3.63, 3.8) is 0 Å². The number of rotatable bonds is 6. The van der Waals surface area contributed by atoms with Gasteiger partial charge in [-0.25, -0.2) is 0 Å². The molecule has 0 amide bonds. The van der Waals surface area contributed by atoms with Crippen LogP contribution in [0.2, 0.25) is 5.02 Å². The fraction of sp³-hybridized carbons (Fsp3) is 0.400. The summed E-state index contributed by atoms with van der Waals surface area (Å²) in [5.41, 5.74) is -1.02. The average Bonchev–Trinajstić information content (AvgIpc) is 2.97. The molecule has 7 heteroatoms. The van der Waals surface area contributed by atoms with Crippen LogP contribution in [0.3, 0.4) is 0 Å². The summed E-state index contributed by atoms with van der Waals surface area (Å²) in [6, 6.07) is 12.2. The van der Waals surface area contributed by atoms with E-state index in [0.717, 1.165) is 37.4 Å². The molecular weight excluding hydrogens is 379 g/mol. The van der Waals surface area contributed by atoms with Gasteiger partial charge in [0.05, 0.1) is 5.56 Å². The van der Waals surface area contributed by atoms with Crippen LogP contribution in [0.1, 0.15) is 18.9 Å².